The van der Waals surface area contributed by atoms with Crippen LogP contribution in [0.3, 0.4) is 0 Å². The SMILES string of the molecule is CCC(C)NC(=O)c1nnc2n1CC1(CCN(Cc3cccs3)CC1)COC2.O=C(O)C(F)(F)F. The van der Waals surface area contributed by atoms with Crippen LogP contribution in [0.15, 0.2) is 17.5 Å². The van der Waals surface area contributed by atoms with Crippen LogP contribution in [0.1, 0.15) is 54.4 Å². The molecular formula is C22H30F3N5O4S. The van der Waals surface area contributed by atoms with Crippen LogP contribution >= 0.6 is 11.3 Å². The number of halogens is 3. The number of nitrogens with zero attached hydrogens (tertiary/aromatic N) is 4. The van der Waals surface area contributed by atoms with Crippen molar-refractivity contribution in [2.24, 2.45) is 5.41 Å². The van der Waals surface area contributed by atoms with Crippen molar-refractivity contribution in [2.45, 2.75) is 65.0 Å². The maximum Gasteiger partial charge on any atom is 0.490 e. The van der Waals surface area contributed by atoms with E-state index in [1.807, 2.05) is 22.8 Å². The first-order valence-corrected chi connectivity index (χ1v) is 12.3. The zero-order valence-electron chi connectivity index (χ0n) is 19.7. The zero-order valence-corrected chi connectivity index (χ0v) is 20.5. The highest BCUT2D eigenvalue weighted by atomic mass is 32.1. The molecule has 1 amide bonds. The molecule has 2 aliphatic heterocycles. The first kappa shape index (κ1) is 27.1. The van der Waals surface area contributed by atoms with Gasteiger partial charge in [-0.05, 0) is 50.7 Å². The molecule has 1 spiro atoms. The van der Waals surface area contributed by atoms with Crippen molar-refractivity contribution in [3.8, 4) is 0 Å². The summed E-state index contributed by atoms with van der Waals surface area (Å²) in [5.74, 6) is -1.72. The first-order chi connectivity index (χ1) is 16.5. The van der Waals surface area contributed by atoms with Gasteiger partial charge in [0, 0.05) is 29.4 Å². The normalized spacial score (nSPS) is 18.7. The molecule has 2 N–H and O–H groups in total. The predicted molar refractivity (Wildman–Crippen MR) is 122 cm³/mol. The first-order valence-electron chi connectivity index (χ1n) is 11.4. The molecule has 0 aliphatic carbocycles. The van der Waals surface area contributed by atoms with Crippen molar-refractivity contribution in [3.63, 3.8) is 0 Å². The van der Waals surface area contributed by atoms with Crippen LogP contribution < -0.4 is 5.32 Å². The standard InChI is InChI=1S/C20H29N5O2S.C2HF3O2/c1-3-15(2)21-19(26)18-23-22-17-12-27-14-20(13-25(17)18)6-8-24(9-7-20)11-16-5-4-10-28-16;3-2(4,5)1(6)7/h4-5,10,15H,3,6-9,11-14H2,1-2H3,(H,21,26);(H,6,7). The average molecular weight is 518 g/mol. The number of fused-ring (bicyclic) bond motifs is 1. The summed E-state index contributed by atoms with van der Waals surface area (Å²) in [4.78, 5) is 25.5. The number of aliphatic carboxylic acids is 1. The van der Waals surface area contributed by atoms with Crippen molar-refractivity contribution in [1.29, 1.82) is 0 Å². The Hall–Kier alpha value is -2.51. The fourth-order valence-corrected chi connectivity index (χ4v) is 4.76. The van der Waals surface area contributed by atoms with Crippen molar-refractivity contribution in [2.75, 3.05) is 19.7 Å². The molecule has 0 aromatic carbocycles. The maximum atomic E-state index is 12.7. The van der Waals surface area contributed by atoms with Gasteiger partial charge in [0.25, 0.3) is 5.91 Å². The topological polar surface area (TPSA) is 110 Å². The quantitative estimate of drug-likeness (QED) is 0.626. The molecule has 2 aromatic rings. The molecule has 9 nitrogen and oxygen atoms in total. The number of carboxylic acids is 1. The number of carboxylic acid groups (broad SMARTS) is 1. The van der Waals surface area contributed by atoms with E-state index < -0.39 is 12.1 Å². The van der Waals surface area contributed by atoms with Gasteiger partial charge >= 0.3 is 12.1 Å². The Balaban J connectivity index is 0.000000429. The highest BCUT2D eigenvalue weighted by Gasteiger charge is 2.39. The van der Waals surface area contributed by atoms with E-state index in [1.165, 1.54) is 4.88 Å². The number of nitrogens with one attached hydrogen (secondary N) is 1. The fraction of sp³-hybridized carbons (Fsp3) is 0.636. The molecule has 0 bridgehead atoms. The minimum atomic E-state index is -5.08. The van der Waals surface area contributed by atoms with E-state index in [0.29, 0.717) is 12.4 Å². The van der Waals surface area contributed by atoms with Crippen LogP contribution in [0.4, 0.5) is 13.2 Å². The van der Waals surface area contributed by atoms with Crippen LogP contribution in [0.2, 0.25) is 0 Å². The zero-order chi connectivity index (χ0) is 25.6. The largest absolute Gasteiger partial charge is 0.490 e. The van der Waals surface area contributed by atoms with E-state index in [2.05, 4.69) is 44.9 Å². The third-order valence-electron chi connectivity index (χ3n) is 6.27. The number of amides is 1. The summed E-state index contributed by atoms with van der Waals surface area (Å²) < 4.78 is 39.7. The molecule has 13 heteroatoms. The van der Waals surface area contributed by atoms with Crippen molar-refractivity contribution >= 4 is 23.2 Å². The maximum absolute atomic E-state index is 12.7. The second-order valence-corrected chi connectivity index (χ2v) is 9.99. The van der Waals surface area contributed by atoms with E-state index in [4.69, 9.17) is 14.6 Å². The Kier molecular flexibility index (Phi) is 8.89. The second kappa shape index (κ2) is 11.5. The summed E-state index contributed by atoms with van der Waals surface area (Å²) in [5, 5.41) is 20.7. The summed E-state index contributed by atoms with van der Waals surface area (Å²) in [6, 6.07) is 4.44. The molecule has 1 atom stereocenters. The summed E-state index contributed by atoms with van der Waals surface area (Å²) >= 11 is 1.82. The minimum Gasteiger partial charge on any atom is -0.475 e. The third kappa shape index (κ3) is 7.24. The highest BCUT2D eigenvalue weighted by Crippen LogP contribution is 2.37. The average Bonchev–Trinajstić information content (AvgIpc) is 3.42. The predicted octanol–water partition coefficient (Wildman–Crippen LogP) is 3.31. The van der Waals surface area contributed by atoms with Gasteiger partial charge in [0.15, 0.2) is 5.82 Å². The molecule has 194 valence electrons. The van der Waals surface area contributed by atoms with Gasteiger partial charge in [-0.25, -0.2) is 4.79 Å². The van der Waals surface area contributed by atoms with Gasteiger partial charge < -0.3 is 19.7 Å². The van der Waals surface area contributed by atoms with Crippen LogP contribution in [-0.4, -0.2) is 68.6 Å². The van der Waals surface area contributed by atoms with Crippen LogP contribution in [-0.2, 0) is 29.2 Å². The van der Waals surface area contributed by atoms with Gasteiger partial charge in [0.2, 0.25) is 5.82 Å². The van der Waals surface area contributed by atoms with Crippen LogP contribution in [0, 0.1) is 5.41 Å². The lowest BCUT2D eigenvalue weighted by molar-refractivity contribution is -0.192. The number of hydrogen-bond acceptors (Lipinski definition) is 7. The number of carbonyl (C=O) groups is 2. The van der Waals surface area contributed by atoms with E-state index in [1.54, 1.807) is 0 Å². The fourth-order valence-electron chi connectivity index (χ4n) is 4.02. The van der Waals surface area contributed by atoms with E-state index in [-0.39, 0.29) is 17.4 Å². The number of carbonyl (C=O) groups excluding carboxylic acids is 1. The molecule has 2 aromatic heterocycles. The third-order valence-corrected chi connectivity index (χ3v) is 7.13. The lowest BCUT2D eigenvalue weighted by Gasteiger charge is -2.41. The van der Waals surface area contributed by atoms with Gasteiger partial charge in [-0.3, -0.25) is 9.69 Å². The van der Waals surface area contributed by atoms with Crippen molar-refractivity contribution in [1.82, 2.24) is 25.0 Å². The molecule has 0 radical (unpaired) electrons. The Bertz CT molecular complexity index is 988. The van der Waals surface area contributed by atoms with Crippen LogP contribution in [0.25, 0.3) is 0 Å². The van der Waals surface area contributed by atoms with Gasteiger partial charge in [0.05, 0.1) is 6.61 Å². The van der Waals surface area contributed by atoms with Gasteiger partial charge in [0.1, 0.15) is 6.61 Å². The van der Waals surface area contributed by atoms with Crippen LogP contribution in [0.5, 0.6) is 0 Å². The number of likely N-dealkylation sites (tertiary alicyclic amines) is 1. The Morgan fingerprint density at radius 3 is 2.57 bits per heavy atom. The molecular weight excluding hydrogens is 487 g/mol. The number of alkyl halides is 3. The summed E-state index contributed by atoms with van der Waals surface area (Å²) in [5.41, 5.74) is 0.0466. The van der Waals surface area contributed by atoms with Crippen molar-refractivity contribution in [3.05, 3.63) is 34.0 Å². The lowest BCUT2D eigenvalue weighted by atomic mass is 9.79. The Labute approximate surface area is 205 Å². The molecule has 1 fully saturated rings. The Morgan fingerprint density at radius 1 is 1.31 bits per heavy atom. The summed E-state index contributed by atoms with van der Waals surface area (Å²) in [7, 11) is 0. The molecule has 1 unspecified atom stereocenters. The van der Waals surface area contributed by atoms with E-state index in [9.17, 15) is 18.0 Å². The second-order valence-electron chi connectivity index (χ2n) is 8.96. The van der Waals surface area contributed by atoms with E-state index in [0.717, 1.165) is 57.9 Å². The van der Waals surface area contributed by atoms with Gasteiger partial charge in [-0.15, -0.1) is 21.5 Å². The smallest absolute Gasteiger partial charge is 0.475 e. The van der Waals surface area contributed by atoms with Crippen molar-refractivity contribution < 1.29 is 32.6 Å². The highest BCUT2D eigenvalue weighted by molar-refractivity contribution is 7.09. The number of hydrogen-bond donors (Lipinski definition) is 2. The summed E-state index contributed by atoms with van der Waals surface area (Å²) in [6.07, 6.45) is -2.08. The number of thiophene rings is 1. The number of piperidine rings is 1. The number of ether oxygens (including phenoxy) is 1. The summed E-state index contributed by atoms with van der Waals surface area (Å²) in [6.45, 7) is 9.08. The minimum absolute atomic E-state index is 0.0466. The van der Waals surface area contributed by atoms with E-state index >= 15 is 0 Å². The molecule has 1 saturated heterocycles. The Morgan fingerprint density at radius 2 is 2.00 bits per heavy atom. The molecule has 35 heavy (non-hydrogen) atoms. The van der Waals surface area contributed by atoms with Gasteiger partial charge in [-0.1, -0.05) is 13.0 Å². The molecule has 4 heterocycles. The molecule has 2 aliphatic rings. The monoisotopic (exact) mass is 517 g/mol. The number of rotatable bonds is 5. The number of aromatic nitrogens is 3. The lowest BCUT2D eigenvalue weighted by Crippen LogP contribution is -2.44. The molecule has 0 saturated carbocycles. The van der Waals surface area contributed by atoms with Gasteiger partial charge in [-0.2, -0.15) is 13.2 Å². The molecule has 4 rings (SSSR count).